The molecule has 6 N–H and O–H groups in total. The molecule has 0 aromatic carbocycles. The monoisotopic (exact) mass is 464 g/mol. The van der Waals surface area contributed by atoms with Crippen molar-refractivity contribution in [2.24, 2.45) is 5.73 Å². The number of carboxylic acids is 2. The SMILES string of the molecule is NC(CC(=O)O)C(=O)NC(Cc1cnc[nH]1)C(=O)N1CCCC1C(=O)N1CCCC1C(=O)O. The number of aromatic amines is 1. The predicted octanol–water partition coefficient (Wildman–Crippen LogP) is -1.69. The fourth-order valence-corrected chi connectivity index (χ4v) is 4.34. The summed E-state index contributed by atoms with van der Waals surface area (Å²) in [5.74, 6) is -4.07. The molecule has 2 saturated heterocycles. The summed E-state index contributed by atoms with van der Waals surface area (Å²) < 4.78 is 0. The Balaban J connectivity index is 1.77. The highest BCUT2D eigenvalue weighted by Crippen LogP contribution is 2.26. The van der Waals surface area contributed by atoms with Crippen LogP contribution in [0, 0.1) is 0 Å². The first-order valence-corrected chi connectivity index (χ1v) is 10.8. The largest absolute Gasteiger partial charge is 0.481 e. The van der Waals surface area contributed by atoms with Gasteiger partial charge in [-0.25, -0.2) is 9.78 Å². The van der Waals surface area contributed by atoms with E-state index >= 15 is 0 Å². The molecule has 2 aliphatic rings. The summed E-state index contributed by atoms with van der Waals surface area (Å²) in [6.45, 7) is 0.587. The third kappa shape index (κ3) is 5.66. The van der Waals surface area contributed by atoms with Crippen LogP contribution in [-0.4, -0.2) is 96.9 Å². The van der Waals surface area contributed by atoms with Crippen LogP contribution in [0.5, 0.6) is 0 Å². The van der Waals surface area contributed by atoms with Crippen molar-refractivity contribution in [2.75, 3.05) is 13.1 Å². The first-order valence-electron chi connectivity index (χ1n) is 10.8. The summed E-state index contributed by atoms with van der Waals surface area (Å²) in [4.78, 5) is 70.8. The number of hydrogen-bond acceptors (Lipinski definition) is 7. The van der Waals surface area contributed by atoms with Crippen LogP contribution in [0.1, 0.15) is 37.8 Å². The molecule has 0 radical (unpaired) electrons. The second kappa shape index (κ2) is 10.4. The van der Waals surface area contributed by atoms with Gasteiger partial charge in [0.2, 0.25) is 17.7 Å². The average molecular weight is 464 g/mol. The number of nitrogens with two attached hydrogens (primary N) is 1. The van der Waals surface area contributed by atoms with Crippen LogP contribution in [0.15, 0.2) is 12.5 Å². The first-order chi connectivity index (χ1) is 15.7. The Bertz CT molecular complexity index is 905. The van der Waals surface area contributed by atoms with Gasteiger partial charge in [-0.05, 0) is 25.7 Å². The van der Waals surface area contributed by atoms with Crippen LogP contribution in [0.4, 0.5) is 0 Å². The van der Waals surface area contributed by atoms with Crippen LogP contribution >= 0.6 is 0 Å². The third-order valence-corrected chi connectivity index (χ3v) is 5.97. The zero-order valence-corrected chi connectivity index (χ0v) is 18.0. The molecule has 13 heteroatoms. The van der Waals surface area contributed by atoms with E-state index < -0.39 is 60.2 Å². The third-order valence-electron chi connectivity index (χ3n) is 5.97. The standard InChI is InChI=1S/C20H28N6O7/c21-12(8-16(27)28)17(29)24-13(7-11-9-22-10-23-11)18(30)25-5-1-3-14(25)19(31)26-6-2-4-15(26)20(32)33/h9-10,12-15H,1-8,21H2,(H,22,23)(H,24,29)(H,27,28)(H,32,33). The van der Waals surface area contributed by atoms with Crippen molar-refractivity contribution in [3.63, 3.8) is 0 Å². The molecule has 2 aliphatic heterocycles. The van der Waals surface area contributed by atoms with E-state index in [1.54, 1.807) is 0 Å². The predicted molar refractivity (Wildman–Crippen MR) is 112 cm³/mol. The van der Waals surface area contributed by atoms with Crippen molar-refractivity contribution >= 4 is 29.7 Å². The highest BCUT2D eigenvalue weighted by atomic mass is 16.4. The lowest BCUT2D eigenvalue weighted by molar-refractivity contribution is -0.152. The van der Waals surface area contributed by atoms with E-state index in [9.17, 15) is 29.1 Å². The van der Waals surface area contributed by atoms with E-state index in [2.05, 4.69) is 15.3 Å². The van der Waals surface area contributed by atoms with Gasteiger partial charge in [-0.1, -0.05) is 0 Å². The van der Waals surface area contributed by atoms with Crippen molar-refractivity contribution in [3.05, 3.63) is 18.2 Å². The summed E-state index contributed by atoms with van der Waals surface area (Å²) >= 11 is 0. The molecule has 0 aliphatic carbocycles. The molecule has 180 valence electrons. The molecule has 1 aromatic heterocycles. The average Bonchev–Trinajstić information content (AvgIpc) is 3.53. The highest BCUT2D eigenvalue weighted by molar-refractivity contribution is 5.95. The van der Waals surface area contributed by atoms with E-state index in [-0.39, 0.29) is 13.0 Å². The maximum Gasteiger partial charge on any atom is 0.326 e. The number of nitrogens with one attached hydrogen (secondary N) is 2. The topological polar surface area (TPSA) is 199 Å². The number of carbonyl (C=O) groups is 5. The van der Waals surface area contributed by atoms with Gasteiger partial charge < -0.3 is 36.0 Å². The minimum absolute atomic E-state index is 0.0310. The lowest BCUT2D eigenvalue weighted by Gasteiger charge is -2.32. The molecular formula is C20H28N6O7. The fourth-order valence-electron chi connectivity index (χ4n) is 4.34. The van der Waals surface area contributed by atoms with Gasteiger partial charge >= 0.3 is 11.9 Å². The van der Waals surface area contributed by atoms with Crippen molar-refractivity contribution in [1.29, 1.82) is 0 Å². The first kappa shape index (κ1) is 24.2. The van der Waals surface area contributed by atoms with E-state index in [0.717, 1.165) is 0 Å². The lowest BCUT2D eigenvalue weighted by atomic mass is 10.1. The van der Waals surface area contributed by atoms with Crippen LogP contribution in [0.25, 0.3) is 0 Å². The number of nitrogens with zero attached hydrogens (tertiary/aromatic N) is 3. The lowest BCUT2D eigenvalue weighted by Crippen LogP contribution is -2.57. The Hall–Kier alpha value is -3.48. The molecule has 0 spiro atoms. The Labute approximate surface area is 189 Å². The van der Waals surface area contributed by atoms with Crippen LogP contribution in [0.2, 0.25) is 0 Å². The van der Waals surface area contributed by atoms with Crippen molar-refractivity contribution in [3.8, 4) is 0 Å². The van der Waals surface area contributed by atoms with Gasteiger partial charge in [0.25, 0.3) is 0 Å². The van der Waals surface area contributed by atoms with Crippen molar-refractivity contribution < 1.29 is 34.2 Å². The van der Waals surface area contributed by atoms with Gasteiger partial charge in [0.15, 0.2) is 0 Å². The zero-order valence-electron chi connectivity index (χ0n) is 18.0. The second-order valence-corrected chi connectivity index (χ2v) is 8.26. The number of H-pyrrole nitrogens is 1. The molecule has 13 nitrogen and oxygen atoms in total. The molecule has 1 aromatic rings. The number of amides is 3. The van der Waals surface area contributed by atoms with E-state index in [0.29, 0.717) is 37.9 Å². The second-order valence-electron chi connectivity index (χ2n) is 8.26. The maximum atomic E-state index is 13.4. The van der Waals surface area contributed by atoms with Gasteiger partial charge in [-0.15, -0.1) is 0 Å². The van der Waals surface area contributed by atoms with Crippen LogP contribution < -0.4 is 11.1 Å². The number of hydrogen-bond donors (Lipinski definition) is 5. The Morgan fingerprint density at radius 3 is 2.39 bits per heavy atom. The van der Waals surface area contributed by atoms with Gasteiger partial charge in [0, 0.05) is 31.4 Å². The molecule has 0 saturated carbocycles. The molecular weight excluding hydrogens is 436 g/mol. The number of carboxylic acid groups (broad SMARTS) is 2. The maximum absolute atomic E-state index is 13.4. The van der Waals surface area contributed by atoms with Crippen LogP contribution in [0.3, 0.4) is 0 Å². The number of imidazole rings is 1. The van der Waals surface area contributed by atoms with Gasteiger partial charge in [0.1, 0.15) is 18.1 Å². The quantitative estimate of drug-likeness (QED) is 0.283. The minimum Gasteiger partial charge on any atom is -0.481 e. The van der Waals surface area contributed by atoms with E-state index in [4.69, 9.17) is 10.8 Å². The van der Waals surface area contributed by atoms with Crippen molar-refractivity contribution in [2.45, 2.75) is 62.7 Å². The summed E-state index contributed by atoms with van der Waals surface area (Å²) in [5.41, 5.74) is 6.19. The van der Waals surface area contributed by atoms with Crippen molar-refractivity contribution in [1.82, 2.24) is 25.1 Å². The molecule has 33 heavy (non-hydrogen) atoms. The number of aliphatic carboxylic acids is 2. The van der Waals surface area contributed by atoms with E-state index in [1.165, 1.54) is 22.3 Å². The fraction of sp³-hybridized carbons (Fsp3) is 0.600. The summed E-state index contributed by atoms with van der Waals surface area (Å²) in [6.07, 6.45) is 4.20. The molecule has 0 bridgehead atoms. The molecule has 3 amide bonds. The number of aromatic nitrogens is 2. The van der Waals surface area contributed by atoms with Gasteiger partial charge in [-0.3, -0.25) is 19.2 Å². The number of likely N-dealkylation sites (tertiary alicyclic amines) is 2. The summed E-state index contributed by atoms with van der Waals surface area (Å²) in [5, 5.41) is 20.8. The zero-order chi connectivity index (χ0) is 24.1. The Morgan fingerprint density at radius 1 is 1.12 bits per heavy atom. The molecule has 2 fully saturated rings. The molecule has 4 unspecified atom stereocenters. The van der Waals surface area contributed by atoms with Crippen LogP contribution in [-0.2, 0) is 30.4 Å². The highest BCUT2D eigenvalue weighted by Gasteiger charge is 2.43. The van der Waals surface area contributed by atoms with Gasteiger partial charge in [-0.2, -0.15) is 0 Å². The number of carbonyl (C=O) groups excluding carboxylic acids is 3. The summed E-state index contributed by atoms with van der Waals surface area (Å²) in [7, 11) is 0. The number of rotatable bonds is 9. The van der Waals surface area contributed by atoms with Gasteiger partial charge in [0.05, 0.1) is 18.8 Å². The van der Waals surface area contributed by atoms with E-state index in [1.807, 2.05) is 0 Å². The molecule has 3 rings (SSSR count). The smallest absolute Gasteiger partial charge is 0.326 e. The normalized spacial score (nSPS) is 22.1. The molecule has 3 heterocycles. The Morgan fingerprint density at radius 2 is 1.79 bits per heavy atom. The Kier molecular flexibility index (Phi) is 7.63. The molecule has 4 atom stereocenters. The minimum atomic E-state index is -1.35. The summed E-state index contributed by atoms with van der Waals surface area (Å²) in [6, 6.07) is -4.20.